The highest BCUT2D eigenvalue weighted by molar-refractivity contribution is 5.67. The SMILES string of the molecule is CC(C)(C)OC(=O)NCC(O)C(O)c1cncc(C#N)c1. The zero-order chi connectivity index (χ0) is 16.0. The molecule has 2 atom stereocenters. The smallest absolute Gasteiger partial charge is 0.407 e. The Morgan fingerprint density at radius 1 is 1.48 bits per heavy atom. The van der Waals surface area contributed by atoms with Crippen LogP contribution in [-0.2, 0) is 4.74 Å². The van der Waals surface area contributed by atoms with Gasteiger partial charge in [0, 0.05) is 24.5 Å². The predicted octanol–water partition coefficient (Wildman–Crippen LogP) is 0.872. The van der Waals surface area contributed by atoms with Crippen LogP contribution in [0.15, 0.2) is 18.5 Å². The van der Waals surface area contributed by atoms with Gasteiger partial charge in [0.15, 0.2) is 0 Å². The van der Waals surface area contributed by atoms with Crippen molar-refractivity contribution in [1.29, 1.82) is 5.26 Å². The lowest BCUT2D eigenvalue weighted by atomic mass is 10.1. The molecule has 0 spiro atoms. The maximum atomic E-state index is 11.4. The van der Waals surface area contributed by atoms with E-state index in [-0.39, 0.29) is 12.1 Å². The number of hydrogen-bond donors (Lipinski definition) is 3. The minimum atomic E-state index is -1.26. The summed E-state index contributed by atoms with van der Waals surface area (Å²) in [6.45, 7) is 4.97. The molecule has 1 amide bonds. The molecule has 7 heteroatoms. The second kappa shape index (κ2) is 7.02. The highest BCUT2D eigenvalue weighted by atomic mass is 16.6. The third-order valence-electron chi connectivity index (χ3n) is 2.45. The molecule has 0 aliphatic rings. The van der Waals surface area contributed by atoms with Gasteiger partial charge >= 0.3 is 6.09 Å². The molecule has 0 saturated heterocycles. The Kier molecular flexibility index (Phi) is 5.64. The fourth-order valence-corrected chi connectivity index (χ4v) is 1.52. The van der Waals surface area contributed by atoms with Crippen LogP contribution in [0, 0.1) is 11.3 Å². The first-order chi connectivity index (χ1) is 9.73. The van der Waals surface area contributed by atoms with Crippen molar-refractivity contribution >= 4 is 6.09 Å². The third kappa shape index (κ3) is 5.77. The molecule has 7 nitrogen and oxygen atoms in total. The Balaban J connectivity index is 2.57. The van der Waals surface area contributed by atoms with Crippen molar-refractivity contribution in [1.82, 2.24) is 10.3 Å². The van der Waals surface area contributed by atoms with Gasteiger partial charge in [-0.05, 0) is 26.8 Å². The summed E-state index contributed by atoms with van der Waals surface area (Å²) >= 11 is 0. The lowest BCUT2D eigenvalue weighted by Crippen LogP contribution is -2.38. The zero-order valence-electron chi connectivity index (χ0n) is 12.2. The molecule has 1 rings (SSSR count). The Bertz CT molecular complexity index is 534. The van der Waals surface area contributed by atoms with Crippen LogP contribution < -0.4 is 5.32 Å². The van der Waals surface area contributed by atoms with Crippen molar-refractivity contribution in [3.05, 3.63) is 29.6 Å². The van der Waals surface area contributed by atoms with Gasteiger partial charge in [-0.25, -0.2) is 4.79 Å². The molecule has 1 heterocycles. The van der Waals surface area contributed by atoms with Crippen LogP contribution in [0.3, 0.4) is 0 Å². The number of rotatable bonds is 4. The van der Waals surface area contributed by atoms with E-state index in [9.17, 15) is 15.0 Å². The highest BCUT2D eigenvalue weighted by Crippen LogP contribution is 2.16. The molecule has 1 aromatic heterocycles. The molecule has 0 saturated carbocycles. The van der Waals surface area contributed by atoms with E-state index in [2.05, 4.69) is 10.3 Å². The third-order valence-corrected chi connectivity index (χ3v) is 2.45. The van der Waals surface area contributed by atoms with E-state index < -0.39 is 23.9 Å². The molecule has 0 bridgehead atoms. The molecule has 21 heavy (non-hydrogen) atoms. The quantitative estimate of drug-likeness (QED) is 0.758. The Hall–Kier alpha value is -2.17. The molecule has 0 aliphatic heterocycles. The first-order valence-electron chi connectivity index (χ1n) is 6.41. The zero-order valence-corrected chi connectivity index (χ0v) is 12.2. The number of pyridine rings is 1. The maximum absolute atomic E-state index is 11.4. The van der Waals surface area contributed by atoms with Gasteiger partial charge in [0.2, 0.25) is 0 Å². The second-order valence-electron chi connectivity index (χ2n) is 5.51. The van der Waals surface area contributed by atoms with Crippen LogP contribution in [0.25, 0.3) is 0 Å². The van der Waals surface area contributed by atoms with E-state index in [1.807, 2.05) is 6.07 Å². The first-order valence-corrected chi connectivity index (χ1v) is 6.41. The molecule has 114 valence electrons. The summed E-state index contributed by atoms with van der Waals surface area (Å²) in [5, 5.41) is 30.9. The van der Waals surface area contributed by atoms with Gasteiger partial charge in [-0.2, -0.15) is 5.26 Å². The number of amides is 1. The number of carbonyl (C=O) groups excluding carboxylic acids is 1. The average molecular weight is 293 g/mol. The summed E-state index contributed by atoms with van der Waals surface area (Å²) in [4.78, 5) is 15.2. The van der Waals surface area contributed by atoms with Gasteiger partial charge in [0.25, 0.3) is 0 Å². The van der Waals surface area contributed by atoms with E-state index in [1.54, 1.807) is 20.8 Å². The van der Waals surface area contributed by atoms with Crippen LogP contribution in [0.1, 0.15) is 38.0 Å². The average Bonchev–Trinajstić information content (AvgIpc) is 2.42. The number of aliphatic hydroxyl groups is 2. The van der Waals surface area contributed by atoms with Crippen molar-refractivity contribution in [2.45, 2.75) is 38.6 Å². The fraction of sp³-hybridized carbons (Fsp3) is 0.500. The Morgan fingerprint density at radius 2 is 2.14 bits per heavy atom. The van der Waals surface area contributed by atoms with Crippen LogP contribution >= 0.6 is 0 Å². The molecular formula is C14H19N3O4. The van der Waals surface area contributed by atoms with E-state index in [0.29, 0.717) is 5.56 Å². The summed E-state index contributed by atoms with van der Waals surface area (Å²) in [5.41, 5.74) is -0.0648. The van der Waals surface area contributed by atoms with E-state index >= 15 is 0 Å². The van der Waals surface area contributed by atoms with Crippen molar-refractivity contribution in [2.24, 2.45) is 0 Å². The number of carbonyl (C=O) groups is 1. The van der Waals surface area contributed by atoms with E-state index in [4.69, 9.17) is 10.00 Å². The van der Waals surface area contributed by atoms with Crippen LogP contribution in [-0.4, -0.2) is 39.5 Å². The number of aromatic nitrogens is 1. The topological polar surface area (TPSA) is 115 Å². The maximum Gasteiger partial charge on any atom is 0.407 e. The molecule has 0 aliphatic carbocycles. The number of aliphatic hydroxyl groups excluding tert-OH is 2. The highest BCUT2D eigenvalue weighted by Gasteiger charge is 2.21. The second-order valence-corrected chi connectivity index (χ2v) is 5.51. The molecule has 0 aromatic carbocycles. The molecular weight excluding hydrogens is 274 g/mol. The summed E-state index contributed by atoms with van der Waals surface area (Å²) in [6, 6.07) is 3.32. The number of nitriles is 1. The molecule has 1 aromatic rings. The molecule has 0 radical (unpaired) electrons. The number of nitrogens with zero attached hydrogens (tertiary/aromatic N) is 2. The van der Waals surface area contributed by atoms with Crippen molar-refractivity contribution in [3.63, 3.8) is 0 Å². The first kappa shape index (κ1) is 16.9. The Labute approximate surface area is 123 Å². The largest absolute Gasteiger partial charge is 0.444 e. The summed E-state index contributed by atoms with van der Waals surface area (Å²) in [6.07, 6.45) is -0.490. The van der Waals surface area contributed by atoms with E-state index in [0.717, 1.165) is 0 Å². The van der Waals surface area contributed by atoms with Gasteiger partial charge in [-0.3, -0.25) is 4.98 Å². The van der Waals surface area contributed by atoms with E-state index in [1.165, 1.54) is 18.5 Å². The summed E-state index contributed by atoms with van der Waals surface area (Å²) in [5.74, 6) is 0. The normalized spacial score (nSPS) is 13.9. The van der Waals surface area contributed by atoms with Crippen molar-refractivity contribution in [3.8, 4) is 6.07 Å². The number of alkyl carbamates (subject to hydrolysis) is 1. The minimum absolute atomic E-state index is 0.188. The van der Waals surface area contributed by atoms with Gasteiger partial charge < -0.3 is 20.3 Å². The molecule has 3 N–H and O–H groups in total. The lowest BCUT2D eigenvalue weighted by molar-refractivity contribution is 0.0128. The summed E-state index contributed by atoms with van der Waals surface area (Å²) < 4.78 is 5.01. The molecule has 2 unspecified atom stereocenters. The Morgan fingerprint density at radius 3 is 2.71 bits per heavy atom. The van der Waals surface area contributed by atoms with Gasteiger partial charge in [-0.1, -0.05) is 0 Å². The summed E-state index contributed by atoms with van der Waals surface area (Å²) in [7, 11) is 0. The lowest BCUT2D eigenvalue weighted by Gasteiger charge is -2.22. The predicted molar refractivity (Wildman–Crippen MR) is 74.2 cm³/mol. The van der Waals surface area contributed by atoms with Gasteiger partial charge in [-0.15, -0.1) is 0 Å². The number of nitrogens with one attached hydrogen (secondary N) is 1. The van der Waals surface area contributed by atoms with Gasteiger partial charge in [0.05, 0.1) is 5.56 Å². The van der Waals surface area contributed by atoms with Crippen LogP contribution in [0.2, 0.25) is 0 Å². The van der Waals surface area contributed by atoms with Crippen molar-refractivity contribution < 1.29 is 19.7 Å². The van der Waals surface area contributed by atoms with Crippen molar-refractivity contribution in [2.75, 3.05) is 6.54 Å². The fourth-order valence-electron chi connectivity index (χ4n) is 1.52. The standard InChI is InChI=1S/C14H19N3O4/c1-14(2,3)21-13(20)17-8-11(18)12(19)10-4-9(5-15)6-16-7-10/h4,6-7,11-12,18-19H,8H2,1-3H3,(H,17,20). The van der Waals surface area contributed by atoms with Gasteiger partial charge in [0.1, 0.15) is 23.9 Å². The number of hydrogen-bond acceptors (Lipinski definition) is 6. The number of ether oxygens (including phenoxy) is 1. The molecule has 0 fully saturated rings. The van der Waals surface area contributed by atoms with Crippen LogP contribution in [0.5, 0.6) is 0 Å². The van der Waals surface area contributed by atoms with Crippen LogP contribution in [0.4, 0.5) is 4.79 Å². The minimum Gasteiger partial charge on any atom is -0.444 e. The monoisotopic (exact) mass is 293 g/mol.